The van der Waals surface area contributed by atoms with E-state index in [2.05, 4.69) is 15.0 Å². The molecule has 1 aromatic heterocycles. The first-order valence-electron chi connectivity index (χ1n) is 8.93. The molecule has 0 fully saturated rings. The van der Waals surface area contributed by atoms with Gasteiger partial charge in [-0.25, -0.2) is 0 Å². The third kappa shape index (κ3) is 5.19. The van der Waals surface area contributed by atoms with Gasteiger partial charge in [0.1, 0.15) is 16.5 Å². The van der Waals surface area contributed by atoms with Gasteiger partial charge in [-0.3, -0.25) is 4.79 Å². The van der Waals surface area contributed by atoms with Crippen LogP contribution in [0.1, 0.15) is 31.9 Å². The lowest BCUT2D eigenvalue weighted by Crippen LogP contribution is -2.28. The molecule has 1 aromatic carbocycles. The molecule has 27 heavy (non-hydrogen) atoms. The number of carbonyl (C=O) groups is 1. The molecule has 2 aromatic rings. The number of nitrogens with zero attached hydrogens (tertiary/aromatic N) is 1. The number of hydrogen-bond acceptors (Lipinski definition) is 5. The molecule has 8 heteroatoms. The standard InChI is InChI=1S/C19H23N3O4S/c1-14(13-19(23)20-10-4-6-15-7-5-11-26-15)12-18-21-16-8-2-3-9-17(16)27(24,25)22-18/h2-3,5,7-9,11,14H,4,6,10,12-13H2,1H3,(H,20,23)(H,21,22)/t14-/m1/s1. The molecule has 0 spiro atoms. The highest BCUT2D eigenvalue weighted by Gasteiger charge is 2.25. The zero-order valence-corrected chi connectivity index (χ0v) is 16.0. The summed E-state index contributed by atoms with van der Waals surface area (Å²) in [5, 5.41) is 5.94. The Hall–Kier alpha value is -2.61. The Morgan fingerprint density at radius 2 is 2.07 bits per heavy atom. The molecule has 0 unspecified atom stereocenters. The third-order valence-electron chi connectivity index (χ3n) is 4.25. The van der Waals surface area contributed by atoms with Crippen molar-refractivity contribution in [2.45, 2.75) is 37.5 Å². The molecule has 2 heterocycles. The van der Waals surface area contributed by atoms with E-state index in [1.807, 2.05) is 19.1 Å². The van der Waals surface area contributed by atoms with Crippen LogP contribution in [-0.4, -0.2) is 26.7 Å². The number of hydrogen-bond donors (Lipinski definition) is 2. The molecule has 0 aliphatic carbocycles. The van der Waals surface area contributed by atoms with Crippen LogP contribution >= 0.6 is 0 Å². The van der Waals surface area contributed by atoms with E-state index in [1.165, 1.54) is 6.07 Å². The number of aryl methyl sites for hydroxylation is 1. The largest absolute Gasteiger partial charge is 0.469 e. The summed E-state index contributed by atoms with van der Waals surface area (Å²) < 4.78 is 33.6. The van der Waals surface area contributed by atoms with E-state index in [9.17, 15) is 13.2 Å². The first kappa shape index (κ1) is 19.2. The first-order valence-corrected chi connectivity index (χ1v) is 10.4. The van der Waals surface area contributed by atoms with E-state index in [0.717, 1.165) is 18.6 Å². The molecule has 0 bridgehead atoms. The number of amides is 1. The van der Waals surface area contributed by atoms with Crippen molar-refractivity contribution in [3.05, 3.63) is 48.4 Å². The van der Waals surface area contributed by atoms with Crippen LogP contribution in [0, 0.1) is 5.92 Å². The minimum atomic E-state index is -3.69. The highest BCUT2D eigenvalue weighted by molar-refractivity contribution is 7.90. The highest BCUT2D eigenvalue weighted by atomic mass is 32.2. The van der Waals surface area contributed by atoms with Gasteiger partial charge in [0.05, 0.1) is 12.0 Å². The second-order valence-corrected chi connectivity index (χ2v) is 8.25. The predicted molar refractivity (Wildman–Crippen MR) is 103 cm³/mol. The summed E-state index contributed by atoms with van der Waals surface area (Å²) in [7, 11) is -3.69. The lowest BCUT2D eigenvalue weighted by atomic mass is 10.0. The average molecular weight is 389 g/mol. The normalized spacial score (nSPS) is 16.0. The molecule has 0 radical (unpaired) electrons. The van der Waals surface area contributed by atoms with Crippen molar-refractivity contribution in [2.75, 3.05) is 11.9 Å². The number of nitrogens with one attached hydrogen (secondary N) is 2. The maximum atomic E-state index is 12.2. The summed E-state index contributed by atoms with van der Waals surface area (Å²) in [6.45, 7) is 2.48. The summed E-state index contributed by atoms with van der Waals surface area (Å²) >= 11 is 0. The molecule has 3 rings (SSSR count). The van der Waals surface area contributed by atoms with Gasteiger partial charge in [0.2, 0.25) is 5.91 Å². The number of furan rings is 1. The Morgan fingerprint density at radius 1 is 1.26 bits per heavy atom. The van der Waals surface area contributed by atoms with Gasteiger partial charge in [0, 0.05) is 25.8 Å². The van der Waals surface area contributed by atoms with E-state index in [0.29, 0.717) is 30.9 Å². The van der Waals surface area contributed by atoms with Crippen LogP contribution in [0.2, 0.25) is 0 Å². The zero-order chi connectivity index (χ0) is 19.3. The van der Waals surface area contributed by atoms with E-state index in [4.69, 9.17) is 4.42 Å². The van der Waals surface area contributed by atoms with Gasteiger partial charge in [-0.05, 0) is 36.6 Å². The second kappa shape index (κ2) is 8.39. The van der Waals surface area contributed by atoms with E-state index in [1.54, 1.807) is 24.5 Å². The van der Waals surface area contributed by atoms with Crippen LogP contribution in [-0.2, 0) is 21.2 Å². The number of carbonyl (C=O) groups excluding carboxylic acids is 1. The van der Waals surface area contributed by atoms with Gasteiger partial charge >= 0.3 is 0 Å². The lowest BCUT2D eigenvalue weighted by molar-refractivity contribution is -0.121. The Kier molecular flexibility index (Phi) is 5.95. The topological polar surface area (TPSA) is 101 Å². The molecule has 0 saturated heterocycles. The Labute approximate surface area is 158 Å². The summed E-state index contributed by atoms with van der Waals surface area (Å²) in [5.41, 5.74) is 0.525. The van der Waals surface area contributed by atoms with Crippen molar-refractivity contribution in [1.82, 2.24) is 5.32 Å². The van der Waals surface area contributed by atoms with Gasteiger partial charge in [-0.2, -0.15) is 8.42 Å². The fraction of sp³-hybridized carbons (Fsp3) is 0.368. The number of sulfonamides is 1. The van der Waals surface area contributed by atoms with Crippen LogP contribution in [0.5, 0.6) is 0 Å². The maximum absolute atomic E-state index is 12.2. The van der Waals surface area contributed by atoms with Crippen molar-refractivity contribution in [3.8, 4) is 0 Å². The molecule has 1 amide bonds. The Balaban J connectivity index is 1.45. The van der Waals surface area contributed by atoms with Gasteiger partial charge < -0.3 is 15.1 Å². The van der Waals surface area contributed by atoms with Gasteiger partial charge in [0.15, 0.2) is 0 Å². The van der Waals surface area contributed by atoms with E-state index in [-0.39, 0.29) is 16.7 Å². The van der Waals surface area contributed by atoms with Crippen LogP contribution in [0.3, 0.4) is 0 Å². The maximum Gasteiger partial charge on any atom is 0.286 e. The van der Waals surface area contributed by atoms with E-state index >= 15 is 0 Å². The number of anilines is 1. The zero-order valence-electron chi connectivity index (χ0n) is 15.1. The summed E-state index contributed by atoms with van der Waals surface area (Å²) in [6, 6.07) is 10.4. The lowest BCUT2D eigenvalue weighted by Gasteiger charge is -2.20. The number of benzene rings is 1. The first-order chi connectivity index (χ1) is 12.9. The molecule has 0 saturated carbocycles. The average Bonchev–Trinajstić information content (AvgIpc) is 3.11. The summed E-state index contributed by atoms with van der Waals surface area (Å²) in [4.78, 5) is 12.2. The van der Waals surface area contributed by atoms with E-state index < -0.39 is 10.0 Å². The summed E-state index contributed by atoms with van der Waals surface area (Å²) in [5.74, 6) is 1.18. The molecule has 1 aliphatic rings. The minimum absolute atomic E-state index is 0.0400. The van der Waals surface area contributed by atoms with Crippen molar-refractivity contribution >= 4 is 27.5 Å². The van der Waals surface area contributed by atoms with Gasteiger partial charge in [-0.1, -0.05) is 19.1 Å². The Morgan fingerprint density at radius 3 is 2.85 bits per heavy atom. The van der Waals surface area contributed by atoms with Gasteiger partial charge in [-0.15, -0.1) is 4.40 Å². The number of rotatable bonds is 8. The van der Waals surface area contributed by atoms with Crippen LogP contribution in [0.4, 0.5) is 5.69 Å². The second-order valence-electron chi connectivity index (χ2n) is 6.68. The fourth-order valence-electron chi connectivity index (χ4n) is 2.99. The summed E-state index contributed by atoms with van der Waals surface area (Å²) in [6.07, 6.45) is 3.91. The number of para-hydroxylation sites is 1. The molecule has 2 N–H and O–H groups in total. The molecular weight excluding hydrogens is 366 g/mol. The van der Waals surface area contributed by atoms with Crippen LogP contribution in [0.15, 0.2) is 56.4 Å². The van der Waals surface area contributed by atoms with Crippen LogP contribution in [0.25, 0.3) is 0 Å². The van der Waals surface area contributed by atoms with Crippen molar-refractivity contribution in [3.63, 3.8) is 0 Å². The monoisotopic (exact) mass is 389 g/mol. The quantitative estimate of drug-likeness (QED) is 0.676. The number of fused-ring (bicyclic) bond motifs is 1. The number of amidine groups is 1. The highest BCUT2D eigenvalue weighted by Crippen LogP contribution is 2.28. The minimum Gasteiger partial charge on any atom is -0.469 e. The third-order valence-corrected chi connectivity index (χ3v) is 5.62. The molecule has 7 nitrogen and oxygen atoms in total. The smallest absolute Gasteiger partial charge is 0.286 e. The van der Waals surface area contributed by atoms with Crippen LogP contribution < -0.4 is 10.6 Å². The fourth-order valence-corrected chi connectivity index (χ4v) is 4.15. The van der Waals surface area contributed by atoms with Crippen molar-refractivity contribution in [1.29, 1.82) is 0 Å². The SMILES string of the molecule is C[C@@H](CC(=O)NCCCc1ccco1)CC1=NS(=O)(=O)c2ccccc2N1. The molecule has 1 atom stereocenters. The predicted octanol–water partition coefficient (Wildman–Crippen LogP) is 2.96. The van der Waals surface area contributed by atoms with Crippen molar-refractivity contribution < 1.29 is 17.6 Å². The Bertz CT molecular complexity index is 920. The van der Waals surface area contributed by atoms with Crippen molar-refractivity contribution in [2.24, 2.45) is 10.3 Å². The molecular formula is C19H23N3O4S. The molecule has 1 aliphatic heterocycles. The molecule has 144 valence electrons. The van der Waals surface area contributed by atoms with Gasteiger partial charge in [0.25, 0.3) is 10.0 Å².